The SMILES string of the molecule is C=CC(C)NCC(C)(O)C(=O)OC. The summed E-state index contributed by atoms with van der Waals surface area (Å²) in [6.07, 6.45) is 1.69. The van der Waals surface area contributed by atoms with Crippen molar-refractivity contribution in [2.24, 2.45) is 0 Å². The largest absolute Gasteiger partial charge is 0.467 e. The minimum atomic E-state index is -1.48. The van der Waals surface area contributed by atoms with Gasteiger partial charge in [0.05, 0.1) is 7.11 Å². The van der Waals surface area contributed by atoms with Gasteiger partial charge in [0.1, 0.15) is 0 Å². The molecular weight excluding hydrogens is 170 g/mol. The first kappa shape index (κ1) is 12.1. The Morgan fingerprint density at radius 2 is 2.38 bits per heavy atom. The number of methoxy groups -OCH3 is 1. The van der Waals surface area contributed by atoms with Crippen molar-refractivity contribution in [1.82, 2.24) is 5.32 Å². The maximum Gasteiger partial charge on any atom is 0.338 e. The molecule has 0 saturated heterocycles. The highest BCUT2D eigenvalue weighted by molar-refractivity contribution is 5.78. The van der Waals surface area contributed by atoms with Crippen LogP contribution in [0.15, 0.2) is 12.7 Å². The van der Waals surface area contributed by atoms with Gasteiger partial charge in [0.25, 0.3) is 0 Å². The van der Waals surface area contributed by atoms with Gasteiger partial charge in [0.15, 0.2) is 5.60 Å². The summed E-state index contributed by atoms with van der Waals surface area (Å²) in [7, 11) is 1.24. The highest BCUT2D eigenvalue weighted by Crippen LogP contribution is 2.04. The normalized spacial score (nSPS) is 17.2. The number of rotatable bonds is 5. The first-order valence-corrected chi connectivity index (χ1v) is 4.10. The molecule has 0 heterocycles. The van der Waals surface area contributed by atoms with Crippen LogP contribution in [0, 0.1) is 0 Å². The Morgan fingerprint density at radius 3 is 2.77 bits per heavy atom. The molecule has 0 aliphatic rings. The first-order valence-electron chi connectivity index (χ1n) is 4.10. The second-order valence-electron chi connectivity index (χ2n) is 3.17. The number of aliphatic hydroxyl groups is 1. The number of hydrogen-bond donors (Lipinski definition) is 2. The smallest absolute Gasteiger partial charge is 0.338 e. The van der Waals surface area contributed by atoms with Gasteiger partial charge in [-0.2, -0.15) is 0 Å². The Morgan fingerprint density at radius 1 is 1.85 bits per heavy atom. The molecule has 0 spiro atoms. The molecular formula is C9H17NO3. The van der Waals surface area contributed by atoms with Crippen molar-refractivity contribution >= 4 is 5.97 Å². The van der Waals surface area contributed by atoms with E-state index < -0.39 is 11.6 Å². The third-order valence-corrected chi connectivity index (χ3v) is 1.75. The Labute approximate surface area is 78.6 Å². The third kappa shape index (κ3) is 4.05. The van der Waals surface area contributed by atoms with Gasteiger partial charge in [-0.3, -0.25) is 0 Å². The van der Waals surface area contributed by atoms with Crippen LogP contribution in [0.2, 0.25) is 0 Å². The van der Waals surface area contributed by atoms with Crippen LogP contribution < -0.4 is 5.32 Å². The van der Waals surface area contributed by atoms with Crippen LogP contribution >= 0.6 is 0 Å². The number of carbonyl (C=O) groups is 1. The van der Waals surface area contributed by atoms with E-state index in [0.29, 0.717) is 0 Å². The average Bonchev–Trinajstić information content (AvgIpc) is 2.12. The summed E-state index contributed by atoms with van der Waals surface area (Å²) in [4.78, 5) is 11.0. The van der Waals surface area contributed by atoms with Gasteiger partial charge in [0, 0.05) is 12.6 Å². The highest BCUT2D eigenvalue weighted by atomic mass is 16.5. The molecule has 13 heavy (non-hydrogen) atoms. The third-order valence-electron chi connectivity index (χ3n) is 1.75. The molecule has 4 heteroatoms. The number of esters is 1. The Bertz CT molecular complexity index is 189. The number of nitrogens with one attached hydrogen (secondary N) is 1. The van der Waals surface area contributed by atoms with Crippen molar-refractivity contribution < 1.29 is 14.6 Å². The zero-order valence-electron chi connectivity index (χ0n) is 8.33. The van der Waals surface area contributed by atoms with E-state index in [4.69, 9.17) is 0 Å². The molecule has 0 aromatic heterocycles. The lowest BCUT2D eigenvalue weighted by atomic mass is 10.1. The van der Waals surface area contributed by atoms with E-state index in [2.05, 4.69) is 16.6 Å². The number of ether oxygens (including phenoxy) is 1. The Hall–Kier alpha value is -0.870. The van der Waals surface area contributed by atoms with E-state index in [1.165, 1.54) is 14.0 Å². The summed E-state index contributed by atoms with van der Waals surface area (Å²) in [5, 5.41) is 12.5. The van der Waals surface area contributed by atoms with Crippen molar-refractivity contribution in [1.29, 1.82) is 0 Å². The number of carbonyl (C=O) groups excluding carboxylic acids is 1. The van der Waals surface area contributed by atoms with E-state index in [9.17, 15) is 9.90 Å². The van der Waals surface area contributed by atoms with Gasteiger partial charge in [-0.1, -0.05) is 6.08 Å². The number of hydrogen-bond acceptors (Lipinski definition) is 4. The maximum atomic E-state index is 11.0. The van der Waals surface area contributed by atoms with Crippen LogP contribution in [0.25, 0.3) is 0 Å². The fourth-order valence-corrected chi connectivity index (χ4v) is 0.735. The predicted molar refractivity (Wildman–Crippen MR) is 50.3 cm³/mol. The fourth-order valence-electron chi connectivity index (χ4n) is 0.735. The molecule has 0 amide bonds. The van der Waals surface area contributed by atoms with E-state index in [-0.39, 0.29) is 12.6 Å². The van der Waals surface area contributed by atoms with Gasteiger partial charge in [0.2, 0.25) is 0 Å². The quantitative estimate of drug-likeness (QED) is 0.472. The molecule has 0 aliphatic carbocycles. The van der Waals surface area contributed by atoms with E-state index in [1.54, 1.807) is 6.08 Å². The van der Waals surface area contributed by atoms with Crippen LogP contribution in [-0.2, 0) is 9.53 Å². The summed E-state index contributed by atoms with van der Waals surface area (Å²) >= 11 is 0. The van der Waals surface area contributed by atoms with E-state index >= 15 is 0 Å². The summed E-state index contributed by atoms with van der Waals surface area (Å²) in [5.74, 6) is -0.642. The fraction of sp³-hybridized carbons (Fsp3) is 0.667. The molecule has 4 nitrogen and oxygen atoms in total. The van der Waals surface area contributed by atoms with Gasteiger partial charge in [-0.05, 0) is 13.8 Å². The topological polar surface area (TPSA) is 58.6 Å². The summed E-state index contributed by atoms with van der Waals surface area (Å²) in [5.41, 5.74) is -1.48. The molecule has 2 N–H and O–H groups in total. The molecule has 2 atom stereocenters. The minimum Gasteiger partial charge on any atom is -0.467 e. The average molecular weight is 187 g/mol. The molecule has 0 radical (unpaired) electrons. The first-order chi connectivity index (χ1) is 5.94. The second kappa shape index (κ2) is 4.99. The zero-order valence-corrected chi connectivity index (χ0v) is 8.33. The summed E-state index contributed by atoms with van der Waals surface area (Å²) < 4.78 is 4.43. The van der Waals surface area contributed by atoms with Crippen molar-refractivity contribution in [2.45, 2.75) is 25.5 Å². The van der Waals surface area contributed by atoms with Gasteiger partial charge < -0.3 is 15.2 Å². The van der Waals surface area contributed by atoms with Crippen LogP contribution in [0.1, 0.15) is 13.8 Å². The van der Waals surface area contributed by atoms with Gasteiger partial charge in [-0.25, -0.2) is 4.79 Å². The van der Waals surface area contributed by atoms with Crippen molar-refractivity contribution in [3.05, 3.63) is 12.7 Å². The standard InChI is InChI=1S/C9H17NO3/c1-5-7(2)10-6-9(3,12)8(11)13-4/h5,7,10,12H,1,6H2,2-4H3. The molecule has 0 aliphatic heterocycles. The minimum absolute atomic E-state index is 0.0520. The molecule has 76 valence electrons. The Balaban J connectivity index is 4.02. The van der Waals surface area contributed by atoms with Crippen LogP contribution in [0.3, 0.4) is 0 Å². The molecule has 0 rings (SSSR count). The van der Waals surface area contributed by atoms with Crippen molar-refractivity contribution in [3.8, 4) is 0 Å². The monoisotopic (exact) mass is 187 g/mol. The summed E-state index contributed by atoms with van der Waals surface area (Å²) in [6, 6.07) is 0.0520. The lowest BCUT2D eigenvalue weighted by molar-refractivity contribution is -0.159. The molecule has 0 aromatic carbocycles. The lowest BCUT2D eigenvalue weighted by Gasteiger charge is -2.22. The predicted octanol–water partition coefficient (Wildman–Crippen LogP) is 0.0745. The maximum absolute atomic E-state index is 11.0. The van der Waals surface area contributed by atoms with Crippen LogP contribution in [0.5, 0.6) is 0 Å². The van der Waals surface area contributed by atoms with Crippen molar-refractivity contribution in [2.75, 3.05) is 13.7 Å². The lowest BCUT2D eigenvalue weighted by Crippen LogP contribution is -2.47. The van der Waals surface area contributed by atoms with Gasteiger partial charge in [-0.15, -0.1) is 6.58 Å². The van der Waals surface area contributed by atoms with Crippen LogP contribution in [0.4, 0.5) is 0 Å². The second-order valence-corrected chi connectivity index (χ2v) is 3.17. The van der Waals surface area contributed by atoms with E-state index in [0.717, 1.165) is 0 Å². The molecule has 0 aromatic rings. The molecule has 2 unspecified atom stereocenters. The molecule has 0 fully saturated rings. The Kier molecular flexibility index (Phi) is 4.66. The van der Waals surface area contributed by atoms with Crippen molar-refractivity contribution in [3.63, 3.8) is 0 Å². The summed E-state index contributed by atoms with van der Waals surface area (Å²) in [6.45, 7) is 6.99. The zero-order chi connectivity index (χ0) is 10.5. The molecule has 0 saturated carbocycles. The van der Waals surface area contributed by atoms with E-state index in [1.807, 2.05) is 6.92 Å². The van der Waals surface area contributed by atoms with Gasteiger partial charge >= 0.3 is 5.97 Å². The highest BCUT2D eigenvalue weighted by Gasteiger charge is 2.31. The molecule has 0 bridgehead atoms. The van der Waals surface area contributed by atoms with Crippen LogP contribution in [-0.4, -0.2) is 36.4 Å².